The average Bonchev–Trinajstić information content (AvgIpc) is 3.92. The minimum absolute atomic E-state index is 0. The van der Waals surface area contributed by atoms with Crippen molar-refractivity contribution in [3.8, 4) is 5.00 Å². The molecule has 0 atom stereocenters. The number of ether oxygens (including phenoxy) is 2. The van der Waals surface area contributed by atoms with E-state index in [4.69, 9.17) is 44.3 Å². The van der Waals surface area contributed by atoms with Gasteiger partial charge in [-0.2, -0.15) is 0 Å². The van der Waals surface area contributed by atoms with Gasteiger partial charge in [-0.1, -0.05) is 34.8 Å². The van der Waals surface area contributed by atoms with Crippen molar-refractivity contribution in [2.24, 2.45) is 4.99 Å². The van der Waals surface area contributed by atoms with Gasteiger partial charge >= 0.3 is 68.9 Å². The third-order valence-corrected chi connectivity index (χ3v) is 12.7. The molecule has 3 N–H and O–H groups in total. The summed E-state index contributed by atoms with van der Waals surface area (Å²) in [5.41, 5.74) is 9.26. The Kier molecular flexibility index (Phi) is 18.1. The number of hydrazine groups is 1. The number of piperidine rings is 1. The zero-order valence-corrected chi connectivity index (χ0v) is 45.6. The van der Waals surface area contributed by atoms with Crippen LogP contribution in [0.25, 0.3) is 5.00 Å². The van der Waals surface area contributed by atoms with E-state index >= 15 is 0 Å². The van der Waals surface area contributed by atoms with Crippen LogP contribution in [0.1, 0.15) is 75.7 Å². The van der Waals surface area contributed by atoms with Crippen LogP contribution in [0.15, 0.2) is 53.5 Å². The molecule has 5 aromatic rings. The van der Waals surface area contributed by atoms with Crippen LogP contribution in [-0.4, -0.2) is 105 Å². The van der Waals surface area contributed by atoms with Crippen LogP contribution < -0.4 is 89.6 Å². The molecule has 0 spiro atoms. The van der Waals surface area contributed by atoms with Crippen molar-refractivity contribution in [3.63, 3.8) is 0 Å². The third kappa shape index (κ3) is 12.7. The summed E-state index contributed by atoms with van der Waals surface area (Å²) >= 11 is 20.0. The molecule has 63 heavy (non-hydrogen) atoms. The Morgan fingerprint density at radius 2 is 1.71 bits per heavy atom. The molecule has 326 valence electrons. The van der Waals surface area contributed by atoms with E-state index in [0.29, 0.717) is 86.3 Å². The van der Waals surface area contributed by atoms with Gasteiger partial charge in [0.15, 0.2) is 5.82 Å². The number of nitrogens with zero attached hydrogens (tertiary/aromatic N) is 8. The minimum atomic E-state index is -0.140. The van der Waals surface area contributed by atoms with Crippen molar-refractivity contribution in [2.75, 3.05) is 51.0 Å². The second kappa shape index (κ2) is 23.0. The van der Waals surface area contributed by atoms with Gasteiger partial charge in [-0.25, -0.2) is 20.0 Å². The number of aryl methyl sites for hydroxylation is 3. The summed E-state index contributed by atoms with van der Waals surface area (Å²) in [5.74, 6) is 3.29. The molecule has 6 heterocycles. The maximum atomic E-state index is 13.2. The van der Waals surface area contributed by atoms with E-state index in [0.717, 1.165) is 52.3 Å². The van der Waals surface area contributed by atoms with Crippen LogP contribution in [0.2, 0.25) is 15.1 Å². The first-order valence-electron chi connectivity index (χ1n) is 20.4. The number of amides is 2. The molecule has 2 fully saturated rings. The molecule has 3 aliphatic rings. The van der Waals surface area contributed by atoms with Crippen molar-refractivity contribution in [2.45, 2.75) is 66.5 Å². The topological polar surface area (TPSA) is 166 Å². The van der Waals surface area contributed by atoms with Gasteiger partial charge in [0.05, 0.1) is 47.2 Å². The fourth-order valence-electron chi connectivity index (χ4n) is 7.30. The van der Waals surface area contributed by atoms with E-state index in [1.165, 1.54) is 27.9 Å². The monoisotopic (exact) mass is 1050 g/mol. The number of hydrogen-bond acceptors (Lipinski definition) is 11. The molecule has 2 amide bonds. The Balaban J connectivity index is 0.000000233. The third-order valence-electron chi connectivity index (χ3n) is 10.5. The van der Waals surface area contributed by atoms with Gasteiger partial charge in [-0.05, 0) is 88.6 Å². The molecule has 3 aliphatic heterocycles. The average molecular weight is 1060 g/mol. The van der Waals surface area contributed by atoms with Crippen LogP contribution in [0, 0.1) is 27.7 Å². The molecule has 3 aromatic heterocycles. The molecule has 2 aromatic carbocycles. The SMILES string of the molecule is CC(=O)NCCOCCOC1CCN(C(=O)c2cc(N=C3CCN(c4ccc(Cl)c(Cl)c4)N3)nc(C)n2)CC1.Cc1sc2c(c1C)C(c1ccc(Cl)cc1)=[NH+]Cc1nnc(C)n1-2.[Cs+]. The number of nitrogens with one attached hydrogen (secondary N) is 3. The van der Waals surface area contributed by atoms with Gasteiger partial charge in [0, 0.05) is 61.1 Å². The van der Waals surface area contributed by atoms with E-state index in [9.17, 15) is 9.59 Å². The fraction of sp³-hybridized carbons (Fsp3) is 0.395. The van der Waals surface area contributed by atoms with Crippen molar-refractivity contribution in [1.29, 1.82) is 0 Å². The molecule has 0 bridgehead atoms. The first-order chi connectivity index (χ1) is 29.8. The van der Waals surface area contributed by atoms with E-state index in [2.05, 4.69) is 71.4 Å². The second-order valence-corrected chi connectivity index (χ2v) is 17.4. The smallest absolute Gasteiger partial charge is 0.377 e. The molecule has 2 saturated heterocycles. The zero-order valence-electron chi connectivity index (χ0n) is 36.2. The Labute approximate surface area is 444 Å². The van der Waals surface area contributed by atoms with Crippen molar-refractivity contribution < 1.29 is 92.9 Å². The normalized spacial score (nSPS) is 15.4. The molecule has 0 aliphatic carbocycles. The van der Waals surface area contributed by atoms with E-state index < -0.39 is 0 Å². The summed E-state index contributed by atoms with van der Waals surface area (Å²) in [6, 6.07) is 15.0. The number of anilines is 1. The summed E-state index contributed by atoms with van der Waals surface area (Å²) in [4.78, 5) is 44.1. The number of hydrogen-bond donors (Lipinski definition) is 3. The van der Waals surface area contributed by atoms with Gasteiger partial charge in [-0.15, -0.1) is 21.5 Å². The quantitative estimate of drug-likeness (QED) is 0.168. The number of aromatic nitrogens is 5. The molecule has 0 radical (unpaired) electrons. The van der Waals surface area contributed by atoms with Crippen LogP contribution in [-0.2, 0) is 20.8 Å². The van der Waals surface area contributed by atoms with E-state index in [1.807, 2.05) is 30.1 Å². The molecule has 8 rings (SSSR count). The number of rotatable bonds is 11. The summed E-state index contributed by atoms with van der Waals surface area (Å²) in [5, 5.41) is 16.1. The van der Waals surface area contributed by atoms with Gasteiger partial charge in [0.1, 0.15) is 28.2 Å². The predicted octanol–water partition coefficient (Wildman–Crippen LogP) is 2.65. The number of carbonyl (C=O) groups is 2. The minimum Gasteiger partial charge on any atom is -0.377 e. The number of thiophene rings is 1. The Morgan fingerprint density at radius 3 is 2.44 bits per heavy atom. The Bertz CT molecular complexity index is 2490. The number of fused-ring (bicyclic) bond motifs is 3. The fourth-order valence-corrected chi connectivity index (χ4v) is 8.95. The van der Waals surface area contributed by atoms with Gasteiger partial charge in [0.2, 0.25) is 24.0 Å². The van der Waals surface area contributed by atoms with Crippen molar-refractivity contribution in [1.82, 2.24) is 40.4 Å². The maximum Gasteiger partial charge on any atom is 1.00 e. The van der Waals surface area contributed by atoms with Crippen molar-refractivity contribution in [3.05, 3.63) is 108 Å². The number of amidine groups is 1. The number of benzene rings is 2. The number of carbonyl (C=O) groups excluding carboxylic acids is 2. The Morgan fingerprint density at radius 1 is 0.952 bits per heavy atom. The van der Waals surface area contributed by atoms with Crippen LogP contribution in [0.3, 0.4) is 0 Å². The first-order valence-corrected chi connectivity index (χ1v) is 22.3. The number of aliphatic imine (C=N–C) groups is 1. The van der Waals surface area contributed by atoms with Gasteiger partial charge < -0.3 is 19.7 Å². The molecule has 0 unspecified atom stereocenters. The largest absolute Gasteiger partial charge is 1.00 e. The van der Waals surface area contributed by atoms with Gasteiger partial charge in [-0.3, -0.25) is 24.6 Å². The maximum absolute atomic E-state index is 13.2. The Hall–Kier alpha value is -2.92. The zero-order chi connectivity index (χ0) is 43.9. The molecular formula is C43H49Cl3CsN11O4S+2. The standard InChI is InChI=1S/C26H33Cl2N7O4.C17H15ClN4S.Cs/c1-17-30-23(26(37)34-9-5-20(6-10-34)39-14-13-38-12-8-29-18(2)36)16-25(31-17)32-24-7-11-35(33-24)19-3-4-21(27)22(28)15-19;1-9-10(2)23-17-15(9)16(12-4-6-13(18)7-5-12)19-8-14-21-20-11(3)22(14)17;/h3-4,15-16,20H,5-14H2,1-2H3,(H,29,36)(H,30,31,32,33);4-7H,8H2,1-3H3;/q;;+1/p+1. The van der Waals surface area contributed by atoms with Crippen LogP contribution in [0.4, 0.5) is 11.5 Å². The van der Waals surface area contributed by atoms with Crippen molar-refractivity contribution >= 4 is 81.0 Å². The number of halogens is 3. The summed E-state index contributed by atoms with van der Waals surface area (Å²) in [7, 11) is 0. The predicted molar refractivity (Wildman–Crippen MR) is 243 cm³/mol. The second-order valence-electron chi connectivity index (χ2n) is 15.0. The molecule has 15 nitrogen and oxygen atoms in total. The molecule has 20 heteroatoms. The summed E-state index contributed by atoms with van der Waals surface area (Å²) < 4.78 is 13.5. The van der Waals surface area contributed by atoms with Crippen LogP contribution in [0.5, 0.6) is 0 Å². The van der Waals surface area contributed by atoms with E-state index in [-0.39, 0.29) is 86.8 Å². The molecular weight excluding hydrogens is 1010 g/mol. The number of likely N-dealkylation sites (tertiary alicyclic amines) is 1. The summed E-state index contributed by atoms with van der Waals surface area (Å²) in [6.45, 7) is 14.0. The summed E-state index contributed by atoms with van der Waals surface area (Å²) in [6.07, 6.45) is 2.24. The van der Waals surface area contributed by atoms with Crippen LogP contribution >= 0.6 is 46.1 Å². The van der Waals surface area contributed by atoms with Gasteiger partial charge in [0.25, 0.3) is 5.91 Å². The van der Waals surface area contributed by atoms with E-state index in [1.54, 1.807) is 41.4 Å². The first kappa shape index (κ1) is 49.5. The molecule has 0 saturated carbocycles.